The van der Waals surface area contributed by atoms with Crippen molar-refractivity contribution in [2.75, 3.05) is 0 Å². The summed E-state index contributed by atoms with van der Waals surface area (Å²) in [4.78, 5) is 10.3. The van der Waals surface area contributed by atoms with Crippen molar-refractivity contribution in [1.82, 2.24) is 9.97 Å². The molecule has 0 aliphatic heterocycles. The Bertz CT molecular complexity index is 2500. The van der Waals surface area contributed by atoms with Crippen LogP contribution in [-0.4, -0.2) is 9.97 Å². The summed E-state index contributed by atoms with van der Waals surface area (Å²) < 4.78 is 2.60. The number of thiophene rings is 1. The van der Waals surface area contributed by atoms with Crippen LogP contribution in [-0.2, 0) is 0 Å². The minimum Gasteiger partial charge on any atom is -0.228 e. The predicted octanol–water partition coefficient (Wildman–Crippen LogP) is 12.3. The number of hydrogen-bond donors (Lipinski definition) is 0. The molecule has 47 heavy (non-hydrogen) atoms. The maximum atomic E-state index is 5.20. The van der Waals surface area contributed by atoms with Gasteiger partial charge in [-0.05, 0) is 69.4 Å². The van der Waals surface area contributed by atoms with Crippen LogP contribution in [0.15, 0.2) is 170 Å². The third-order valence-corrected chi connectivity index (χ3v) is 9.98. The van der Waals surface area contributed by atoms with E-state index >= 15 is 0 Å². The second kappa shape index (κ2) is 11.5. The zero-order valence-corrected chi connectivity index (χ0v) is 26.3. The van der Waals surface area contributed by atoms with Gasteiger partial charge < -0.3 is 0 Å². The average molecular weight is 617 g/mol. The number of fused-ring (bicyclic) bond motifs is 5. The quantitative estimate of drug-likeness (QED) is 0.192. The molecule has 0 saturated carbocycles. The van der Waals surface area contributed by atoms with Gasteiger partial charge >= 0.3 is 0 Å². The summed E-state index contributed by atoms with van der Waals surface area (Å²) in [6.45, 7) is 0. The van der Waals surface area contributed by atoms with Crippen LogP contribution in [0.25, 0.3) is 87.1 Å². The molecule has 2 aromatic heterocycles. The van der Waals surface area contributed by atoms with Crippen LogP contribution in [0.1, 0.15) is 0 Å². The molecule has 0 bridgehead atoms. The first-order valence-electron chi connectivity index (χ1n) is 15.8. The van der Waals surface area contributed by atoms with Gasteiger partial charge in [-0.3, -0.25) is 0 Å². The molecule has 0 aliphatic rings. The van der Waals surface area contributed by atoms with E-state index in [2.05, 4.69) is 146 Å². The van der Waals surface area contributed by atoms with Gasteiger partial charge in [0.1, 0.15) is 0 Å². The molecule has 0 aliphatic carbocycles. The van der Waals surface area contributed by atoms with Crippen LogP contribution in [0.4, 0.5) is 0 Å². The van der Waals surface area contributed by atoms with Gasteiger partial charge in [0.05, 0.1) is 11.4 Å². The van der Waals surface area contributed by atoms with E-state index in [-0.39, 0.29) is 0 Å². The Labute approximate surface area is 277 Å². The van der Waals surface area contributed by atoms with Crippen LogP contribution in [0.3, 0.4) is 0 Å². The molecule has 0 amide bonds. The highest BCUT2D eigenvalue weighted by Crippen LogP contribution is 2.44. The van der Waals surface area contributed by atoms with Crippen molar-refractivity contribution in [3.05, 3.63) is 170 Å². The average Bonchev–Trinajstić information content (AvgIpc) is 3.55. The van der Waals surface area contributed by atoms with Crippen molar-refractivity contribution in [2.24, 2.45) is 0 Å². The van der Waals surface area contributed by atoms with Crippen molar-refractivity contribution < 1.29 is 0 Å². The van der Waals surface area contributed by atoms with E-state index in [4.69, 9.17) is 9.97 Å². The standard InChI is InChI=1S/C44H28N2S/c1-4-13-29(14-5-1)33-25-34(37-21-12-22-40-43(37)42-36-20-11-10-15-30(36)23-24-41(42)47-40)27-35(26-33)39-28-38(31-16-6-2-7-17-31)45-44(46-39)32-18-8-3-9-19-32/h1-28H. The van der Waals surface area contributed by atoms with E-state index in [0.717, 1.165) is 33.6 Å². The molecule has 3 heteroatoms. The van der Waals surface area contributed by atoms with Crippen molar-refractivity contribution in [3.63, 3.8) is 0 Å². The maximum absolute atomic E-state index is 5.20. The molecule has 0 radical (unpaired) electrons. The summed E-state index contributed by atoms with van der Waals surface area (Å²) in [5.41, 5.74) is 9.62. The Balaban J connectivity index is 1.33. The van der Waals surface area contributed by atoms with E-state index in [0.29, 0.717) is 5.82 Å². The van der Waals surface area contributed by atoms with Gasteiger partial charge in [0, 0.05) is 36.9 Å². The van der Waals surface area contributed by atoms with Crippen molar-refractivity contribution in [2.45, 2.75) is 0 Å². The fraction of sp³-hybridized carbons (Fsp3) is 0. The first-order chi connectivity index (χ1) is 23.3. The fourth-order valence-electron chi connectivity index (χ4n) is 6.62. The molecular weight excluding hydrogens is 589 g/mol. The van der Waals surface area contributed by atoms with Crippen molar-refractivity contribution in [3.8, 4) is 56.2 Å². The summed E-state index contributed by atoms with van der Waals surface area (Å²) >= 11 is 1.87. The van der Waals surface area contributed by atoms with Gasteiger partial charge in [-0.25, -0.2) is 9.97 Å². The van der Waals surface area contributed by atoms with Gasteiger partial charge in [0.2, 0.25) is 0 Å². The van der Waals surface area contributed by atoms with Crippen LogP contribution >= 0.6 is 11.3 Å². The van der Waals surface area contributed by atoms with E-state index in [1.54, 1.807) is 0 Å². The lowest BCUT2D eigenvalue weighted by Crippen LogP contribution is -1.96. The second-order valence-corrected chi connectivity index (χ2v) is 12.9. The Hall–Kier alpha value is -5.90. The molecule has 0 fully saturated rings. The number of nitrogens with zero attached hydrogens (tertiary/aromatic N) is 2. The van der Waals surface area contributed by atoms with E-state index < -0.39 is 0 Å². The Kier molecular flexibility index (Phi) is 6.69. The molecule has 9 rings (SSSR count). The minimum atomic E-state index is 0.714. The van der Waals surface area contributed by atoms with E-state index in [9.17, 15) is 0 Å². The topological polar surface area (TPSA) is 25.8 Å². The number of hydrogen-bond acceptors (Lipinski definition) is 3. The molecule has 2 nitrogen and oxygen atoms in total. The molecule has 0 atom stereocenters. The number of benzene rings is 7. The predicted molar refractivity (Wildman–Crippen MR) is 200 cm³/mol. The molecule has 0 N–H and O–H groups in total. The van der Waals surface area contributed by atoms with Gasteiger partial charge in [-0.2, -0.15) is 0 Å². The highest BCUT2D eigenvalue weighted by molar-refractivity contribution is 7.26. The van der Waals surface area contributed by atoms with Crippen molar-refractivity contribution >= 4 is 42.3 Å². The zero-order valence-electron chi connectivity index (χ0n) is 25.5. The van der Waals surface area contributed by atoms with Gasteiger partial charge in [0.25, 0.3) is 0 Å². The summed E-state index contributed by atoms with van der Waals surface area (Å²) in [5.74, 6) is 0.714. The highest BCUT2D eigenvalue weighted by atomic mass is 32.1. The third kappa shape index (κ3) is 4.98. The molecule has 2 heterocycles. The minimum absolute atomic E-state index is 0.714. The lowest BCUT2D eigenvalue weighted by molar-refractivity contribution is 1.18. The van der Waals surface area contributed by atoms with Crippen LogP contribution < -0.4 is 0 Å². The van der Waals surface area contributed by atoms with Gasteiger partial charge in [0.15, 0.2) is 5.82 Å². The number of aromatic nitrogens is 2. The molecule has 0 unspecified atom stereocenters. The molecule has 7 aromatic carbocycles. The monoisotopic (exact) mass is 616 g/mol. The van der Waals surface area contributed by atoms with Gasteiger partial charge in [-0.1, -0.05) is 133 Å². The zero-order chi connectivity index (χ0) is 31.2. The molecule has 0 saturated heterocycles. The first-order valence-corrected chi connectivity index (χ1v) is 16.6. The van der Waals surface area contributed by atoms with E-state index in [1.807, 2.05) is 35.6 Å². The third-order valence-electron chi connectivity index (χ3n) is 8.86. The lowest BCUT2D eigenvalue weighted by atomic mass is 9.92. The maximum Gasteiger partial charge on any atom is 0.160 e. The molecular formula is C44H28N2S. The van der Waals surface area contributed by atoms with Crippen LogP contribution in [0.5, 0.6) is 0 Å². The van der Waals surface area contributed by atoms with Crippen LogP contribution in [0, 0.1) is 0 Å². The Morgan fingerprint density at radius 3 is 1.72 bits per heavy atom. The summed E-state index contributed by atoms with van der Waals surface area (Å²) in [6, 6.07) is 60.3. The smallest absolute Gasteiger partial charge is 0.160 e. The Morgan fingerprint density at radius 1 is 0.362 bits per heavy atom. The van der Waals surface area contributed by atoms with Gasteiger partial charge in [-0.15, -0.1) is 11.3 Å². The van der Waals surface area contributed by atoms with Crippen LogP contribution in [0.2, 0.25) is 0 Å². The fourth-order valence-corrected chi connectivity index (χ4v) is 7.77. The summed E-state index contributed by atoms with van der Waals surface area (Å²) in [5, 5.41) is 5.18. The Morgan fingerprint density at radius 2 is 0.957 bits per heavy atom. The lowest BCUT2D eigenvalue weighted by Gasteiger charge is -2.14. The van der Waals surface area contributed by atoms with E-state index in [1.165, 1.54) is 47.6 Å². The summed E-state index contributed by atoms with van der Waals surface area (Å²) in [6.07, 6.45) is 0. The molecule has 9 aromatic rings. The largest absolute Gasteiger partial charge is 0.228 e. The molecule has 0 spiro atoms. The second-order valence-electron chi connectivity index (χ2n) is 11.8. The SMILES string of the molecule is c1ccc(-c2cc(-c3cc(-c4ccccc4)nc(-c4ccccc4)n3)cc(-c3cccc4sc5ccc6ccccc6c5c34)c2)cc1. The normalized spacial score (nSPS) is 11.4. The summed E-state index contributed by atoms with van der Waals surface area (Å²) in [7, 11) is 0. The number of rotatable bonds is 5. The first kappa shape index (κ1) is 27.4. The van der Waals surface area contributed by atoms with Crippen molar-refractivity contribution in [1.29, 1.82) is 0 Å². The highest BCUT2D eigenvalue weighted by Gasteiger charge is 2.17. The molecule has 220 valence electrons.